The Hall–Kier alpha value is -1.16. The van der Waals surface area contributed by atoms with Gasteiger partial charge in [-0.15, -0.1) is 0 Å². The van der Waals surface area contributed by atoms with Gasteiger partial charge in [0, 0.05) is 32.7 Å². The molecular weight excluding hydrogens is 367 g/mol. The van der Waals surface area contributed by atoms with Crippen LogP contribution in [0.1, 0.15) is 26.3 Å². The number of benzene rings is 1. The number of alkyl halides is 3. The maximum atomic E-state index is 13.5. The van der Waals surface area contributed by atoms with Crippen LogP contribution in [0.15, 0.2) is 29.2 Å². The lowest BCUT2D eigenvalue weighted by Crippen LogP contribution is -2.57. The van der Waals surface area contributed by atoms with E-state index in [-0.39, 0.29) is 18.0 Å². The van der Waals surface area contributed by atoms with E-state index in [1.54, 1.807) is 18.2 Å². The van der Waals surface area contributed by atoms with Gasteiger partial charge in [0.2, 0.25) is 10.0 Å². The van der Waals surface area contributed by atoms with Crippen molar-refractivity contribution in [3.63, 3.8) is 0 Å². The smallest absolute Gasteiger partial charge is 0.314 e. The zero-order valence-corrected chi connectivity index (χ0v) is 16.0. The van der Waals surface area contributed by atoms with E-state index in [2.05, 4.69) is 10.0 Å². The number of hydrogen-bond acceptors (Lipinski definition) is 4. The summed E-state index contributed by atoms with van der Waals surface area (Å²) in [6.45, 7) is 6.24. The van der Waals surface area contributed by atoms with Crippen LogP contribution in [0, 0.1) is 0 Å². The van der Waals surface area contributed by atoms with Crippen LogP contribution < -0.4 is 10.0 Å². The van der Waals surface area contributed by atoms with Crippen molar-refractivity contribution in [3.8, 4) is 0 Å². The molecule has 1 aromatic carbocycles. The maximum absolute atomic E-state index is 13.5. The van der Waals surface area contributed by atoms with Gasteiger partial charge in [-0.1, -0.05) is 39.0 Å². The number of hydrogen-bond donors (Lipinski definition) is 2. The Morgan fingerprint density at radius 2 is 1.73 bits per heavy atom. The molecule has 1 aliphatic rings. The molecule has 1 aromatic rings. The molecule has 1 aliphatic heterocycles. The van der Waals surface area contributed by atoms with E-state index in [9.17, 15) is 21.6 Å². The Morgan fingerprint density at radius 3 is 2.27 bits per heavy atom. The zero-order valence-electron chi connectivity index (χ0n) is 15.2. The molecule has 2 N–H and O–H groups in total. The molecule has 2 rings (SSSR count). The fraction of sp³-hybridized carbons (Fsp3) is 0.647. The summed E-state index contributed by atoms with van der Waals surface area (Å²) < 4.78 is 68.0. The maximum Gasteiger partial charge on any atom is 0.405 e. The topological polar surface area (TPSA) is 61.4 Å². The number of sulfonamides is 1. The van der Waals surface area contributed by atoms with Crippen LogP contribution >= 0.6 is 0 Å². The first-order valence-corrected chi connectivity index (χ1v) is 10.0. The second kappa shape index (κ2) is 7.84. The molecule has 0 bridgehead atoms. The normalized spacial score (nSPS) is 18.7. The minimum absolute atomic E-state index is 0.0220. The zero-order chi connectivity index (χ0) is 19.6. The summed E-state index contributed by atoms with van der Waals surface area (Å²) in [6, 6.07) is 4.56. The van der Waals surface area contributed by atoms with Crippen molar-refractivity contribution in [2.75, 3.05) is 32.7 Å². The van der Waals surface area contributed by atoms with Gasteiger partial charge < -0.3 is 5.32 Å². The molecule has 26 heavy (non-hydrogen) atoms. The monoisotopic (exact) mass is 393 g/mol. The number of nitrogens with zero attached hydrogens (tertiary/aromatic N) is 1. The van der Waals surface area contributed by atoms with Crippen molar-refractivity contribution in [3.05, 3.63) is 29.8 Å². The first kappa shape index (κ1) is 21.1. The molecule has 0 amide bonds. The molecular formula is C17H26F3N3O2S. The highest BCUT2D eigenvalue weighted by molar-refractivity contribution is 7.89. The fourth-order valence-corrected chi connectivity index (χ4v) is 4.49. The lowest BCUT2D eigenvalue weighted by Gasteiger charge is -2.36. The molecule has 9 heteroatoms. The first-order chi connectivity index (χ1) is 11.9. The minimum atomic E-state index is -4.51. The molecule has 5 nitrogen and oxygen atoms in total. The minimum Gasteiger partial charge on any atom is -0.314 e. The average molecular weight is 393 g/mol. The highest BCUT2D eigenvalue weighted by atomic mass is 32.2. The number of piperazine rings is 1. The Morgan fingerprint density at radius 1 is 1.15 bits per heavy atom. The van der Waals surface area contributed by atoms with E-state index in [1.165, 1.54) is 11.0 Å². The quantitative estimate of drug-likeness (QED) is 0.804. The van der Waals surface area contributed by atoms with Crippen molar-refractivity contribution < 1.29 is 21.6 Å². The van der Waals surface area contributed by atoms with Crippen LogP contribution in [0.2, 0.25) is 0 Å². The summed E-state index contributed by atoms with van der Waals surface area (Å²) in [5.74, 6) is 0. The summed E-state index contributed by atoms with van der Waals surface area (Å²) >= 11 is 0. The predicted molar refractivity (Wildman–Crippen MR) is 94.6 cm³/mol. The molecule has 0 aliphatic carbocycles. The van der Waals surface area contributed by atoms with Crippen molar-refractivity contribution in [2.45, 2.75) is 43.3 Å². The SMILES string of the molecule is CC(C)(C)c1ccccc1S(=O)(=O)NCC(N1CCNCC1)C(F)(F)F. The van der Waals surface area contributed by atoms with E-state index in [1.807, 2.05) is 20.8 Å². The molecule has 1 atom stereocenters. The van der Waals surface area contributed by atoms with Gasteiger partial charge in [0.05, 0.1) is 4.90 Å². The number of rotatable bonds is 5. The molecule has 1 saturated heterocycles. The standard InChI is InChI=1S/C17H26F3N3O2S/c1-16(2,3)13-6-4-5-7-14(13)26(24,25)22-12-15(17(18,19)20)23-10-8-21-9-11-23/h4-7,15,21-22H,8-12H2,1-3H3. The third-order valence-corrected chi connectivity index (χ3v) is 5.90. The fourth-order valence-electron chi connectivity index (χ4n) is 3.03. The van der Waals surface area contributed by atoms with Crippen molar-refractivity contribution >= 4 is 10.0 Å². The lowest BCUT2D eigenvalue weighted by molar-refractivity contribution is -0.182. The van der Waals surface area contributed by atoms with E-state index >= 15 is 0 Å². The van der Waals surface area contributed by atoms with Gasteiger partial charge in [-0.05, 0) is 17.0 Å². The van der Waals surface area contributed by atoms with Crippen LogP contribution in [0.3, 0.4) is 0 Å². The second-order valence-corrected chi connectivity index (χ2v) is 9.18. The Kier molecular flexibility index (Phi) is 6.37. The summed E-state index contributed by atoms with van der Waals surface area (Å²) in [5, 5.41) is 3.00. The number of nitrogens with one attached hydrogen (secondary N) is 2. The molecule has 1 unspecified atom stereocenters. The van der Waals surface area contributed by atoms with Crippen LogP contribution in [-0.2, 0) is 15.4 Å². The van der Waals surface area contributed by atoms with Gasteiger partial charge >= 0.3 is 6.18 Å². The molecule has 1 fully saturated rings. The van der Waals surface area contributed by atoms with Crippen molar-refractivity contribution in [1.29, 1.82) is 0 Å². The Balaban J connectivity index is 2.23. The molecule has 0 radical (unpaired) electrons. The lowest BCUT2D eigenvalue weighted by atomic mass is 9.87. The van der Waals surface area contributed by atoms with Gasteiger partial charge in [-0.25, -0.2) is 13.1 Å². The van der Waals surface area contributed by atoms with E-state index in [4.69, 9.17) is 0 Å². The summed E-state index contributed by atoms with van der Waals surface area (Å²) in [5.41, 5.74) is 0.117. The second-order valence-electron chi connectivity index (χ2n) is 7.44. The highest BCUT2D eigenvalue weighted by Crippen LogP contribution is 2.29. The summed E-state index contributed by atoms with van der Waals surface area (Å²) in [6.07, 6.45) is -4.51. The van der Waals surface area contributed by atoms with Crippen molar-refractivity contribution in [1.82, 2.24) is 14.9 Å². The van der Waals surface area contributed by atoms with Crippen LogP contribution in [-0.4, -0.2) is 58.3 Å². The van der Waals surface area contributed by atoms with Crippen LogP contribution in [0.25, 0.3) is 0 Å². The summed E-state index contributed by atoms with van der Waals surface area (Å²) in [4.78, 5) is 1.29. The van der Waals surface area contributed by atoms with Gasteiger partial charge in [-0.3, -0.25) is 4.90 Å². The van der Waals surface area contributed by atoms with Gasteiger partial charge in [0.15, 0.2) is 0 Å². The first-order valence-electron chi connectivity index (χ1n) is 8.53. The third kappa shape index (κ3) is 5.18. The molecule has 1 heterocycles. The van der Waals surface area contributed by atoms with Gasteiger partial charge in [-0.2, -0.15) is 13.2 Å². The average Bonchev–Trinajstić information content (AvgIpc) is 2.54. The van der Waals surface area contributed by atoms with Crippen LogP contribution in [0.5, 0.6) is 0 Å². The van der Waals surface area contributed by atoms with E-state index in [0.29, 0.717) is 18.7 Å². The largest absolute Gasteiger partial charge is 0.405 e. The van der Waals surface area contributed by atoms with Gasteiger partial charge in [0.1, 0.15) is 6.04 Å². The van der Waals surface area contributed by atoms with E-state index in [0.717, 1.165) is 0 Å². The molecule has 0 spiro atoms. The molecule has 148 valence electrons. The van der Waals surface area contributed by atoms with Crippen LogP contribution in [0.4, 0.5) is 13.2 Å². The summed E-state index contributed by atoms with van der Waals surface area (Å²) in [7, 11) is -4.06. The third-order valence-electron chi connectivity index (χ3n) is 4.42. The molecule has 0 aromatic heterocycles. The van der Waals surface area contributed by atoms with Gasteiger partial charge in [0.25, 0.3) is 0 Å². The highest BCUT2D eigenvalue weighted by Gasteiger charge is 2.44. The predicted octanol–water partition coefficient (Wildman–Crippen LogP) is 2.10. The Labute approximate surface area is 153 Å². The number of halogens is 3. The van der Waals surface area contributed by atoms with E-state index < -0.39 is 34.2 Å². The van der Waals surface area contributed by atoms with Crippen molar-refractivity contribution in [2.24, 2.45) is 0 Å². The Bertz CT molecular complexity index is 709. The molecule has 0 saturated carbocycles.